The van der Waals surface area contributed by atoms with Gasteiger partial charge in [0.1, 0.15) is 0 Å². The zero-order valence-corrected chi connectivity index (χ0v) is 14.8. The van der Waals surface area contributed by atoms with E-state index in [0.717, 1.165) is 32.7 Å². The maximum atomic E-state index is 5.80. The van der Waals surface area contributed by atoms with Gasteiger partial charge in [-0.3, -0.25) is 0 Å². The van der Waals surface area contributed by atoms with Gasteiger partial charge in [-0.1, -0.05) is 27.7 Å². The Kier molecular flexibility index (Phi) is 5.81. The van der Waals surface area contributed by atoms with E-state index in [4.69, 9.17) is 9.72 Å². The Morgan fingerprint density at radius 2 is 2.24 bits per heavy atom. The molecular weight excluding hydrogens is 280 g/mol. The first kappa shape index (κ1) is 16.9. The first-order valence-corrected chi connectivity index (χ1v) is 9.06. The second kappa shape index (κ2) is 7.21. The van der Waals surface area contributed by atoms with Crippen molar-refractivity contribution in [3.63, 3.8) is 0 Å². The molecule has 1 fully saturated rings. The van der Waals surface area contributed by atoms with Gasteiger partial charge >= 0.3 is 0 Å². The van der Waals surface area contributed by atoms with Crippen LogP contribution in [0.25, 0.3) is 0 Å². The summed E-state index contributed by atoms with van der Waals surface area (Å²) >= 11 is 1.81. The summed E-state index contributed by atoms with van der Waals surface area (Å²) in [6.07, 6.45) is 4.65. The Bertz CT molecular complexity index is 430. The average molecular weight is 311 g/mol. The lowest BCUT2D eigenvalue weighted by Gasteiger charge is -2.37. The highest BCUT2D eigenvalue weighted by Crippen LogP contribution is 2.34. The van der Waals surface area contributed by atoms with Crippen molar-refractivity contribution in [2.45, 2.75) is 58.8 Å². The van der Waals surface area contributed by atoms with E-state index in [0.29, 0.717) is 0 Å². The standard InChI is InChI=1S/C17H30N2OS/c1-5-8-18-12-17(7-6-9-20-13-17)10-15-19-14(11-21-15)16(2,3)4/h11,18H,5-10,12-13H2,1-4H3. The summed E-state index contributed by atoms with van der Waals surface area (Å²) in [4.78, 5) is 4.88. The lowest BCUT2D eigenvalue weighted by Crippen LogP contribution is -2.43. The minimum atomic E-state index is 0.144. The number of nitrogens with one attached hydrogen (secondary N) is 1. The molecule has 1 aromatic rings. The number of rotatable bonds is 6. The molecule has 120 valence electrons. The third-order valence-electron chi connectivity index (χ3n) is 4.18. The zero-order chi connectivity index (χ0) is 15.3. The van der Waals surface area contributed by atoms with Crippen molar-refractivity contribution in [3.8, 4) is 0 Å². The third kappa shape index (κ3) is 4.76. The zero-order valence-electron chi connectivity index (χ0n) is 14.0. The lowest BCUT2D eigenvalue weighted by molar-refractivity contribution is -0.00711. The summed E-state index contributed by atoms with van der Waals surface area (Å²) in [7, 11) is 0. The van der Waals surface area contributed by atoms with E-state index in [1.807, 2.05) is 11.3 Å². The second-order valence-electron chi connectivity index (χ2n) is 7.39. The largest absolute Gasteiger partial charge is 0.381 e. The summed E-state index contributed by atoms with van der Waals surface area (Å²) in [5, 5.41) is 7.10. The molecule has 2 rings (SSSR count). The van der Waals surface area contributed by atoms with Crippen LogP contribution in [0.2, 0.25) is 0 Å². The highest BCUT2D eigenvalue weighted by atomic mass is 32.1. The molecule has 0 spiro atoms. The van der Waals surface area contributed by atoms with Crippen molar-refractivity contribution in [1.82, 2.24) is 10.3 Å². The Balaban J connectivity index is 2.05. The van der Waals surface area contributed by atoms with Crippen LogP contribution in [0, 0.1) is 5.41 Å². The van der Waals surface area contributed by atoms with Gasteiger partial charge in [-0.15, -0.1) is 11.3 Å². The number of hydrogen-bond donors (Lipinski definition) is 1. The number of hydrogen-bond acceptors (Lipinski definition) is 4. The van der Waals surface area contributed by atoms with Crippen LogP contribution < -0.4 is 5.32 Å². The molecule has 0 aromatic carbocycles. The Morgan fingerprint density at radius 3 is 2.81 bits per heavy atom. The molecule has 0 amide bonds. The van der Waals surface area contributed by atoms with Crippen LogP contribution in [0.5, 0.6) is 0 Å². The summed E-state index contributed by atoms with van der Waals surface area (Å²) < 4.78 is 5.80. The van der Waals surface area contributed by atoms with Gasteiger partial charge in [0.15, 0.2) is 0 Å². The molecule has 1 N–H and O–H groups in total. The molecule has 1 aliphatic heterocycles. The van der Waals surface area contributed by atoms with E-state index >= 15 is 0 Å². The molecule has 0 aliphatic carbocycles. The van der Waals surface area contributed by atoms with E-state index in [1.165, 1.54) is 30.0 Å². The lowest BCUT2D eigenvalue weighted by atomic mass is 9.79. The van der Waals surface area contributed by atoms with Gasteiger partial charge in [-0.05, 0) is 25.8 Å². The first-order chi connectivity index (χ1) is 9.95. The van der Waals surface area contributed by atoms with E-state index in [9.17, 15) is 0 Å². The Labute approximate surface area is 133 Å². The monoisotopic (exact) mass is 310 g/mol. The van der Waals surface area contributed by atoms with Crippen LogP contribution in [-0.2, 0) is 16.6 Å². The number of thiazole rings is 1. The maximum Gasteiger partial charge on any atom is 0.0935 e. The van der Waals surface area contributed by atoms with Gasteiger partial charge in [-0.2, -0.15) is 0 Å². The van der Waals surface area contributed by atoms with Gasteiger partial charge in [0.05, 0.1) is 17.3 Å². The summed E-state index contributed by atoms with van der Waals surface area (Å²) in [6, 6.07) is 0. The fraction of sp³-hybridized carbons (Fsp3) is 0.824. The van der Waals surface area contributed by atoms with Gasteiger partial charge in [-0.25, -0.2) is 4.98 Å². The van der Waals surface area contributed by atoms with Crippen LogP contribution >= 0.6 is 11.3 Å². The molecule has 0 saturated carbocycles. The predicted octanol–water partition coefficient (Wildman–Crippen LogP) is 3.78. The molecule has 1 atom stereocenters. The van der Waals surface area contributed by atoms with Crippen LogP contribution in [0.1, 0.15) is 57.7 Å². The highest BCUT2D eigenvalue weighted by Gasteiger charge is 2.34. The van der Waals surface area contributed by atoms with Crippen LogP contribution in [0.15, 0.2) is 5.38 Å². The van der Waals surface area contributed by atoms with Crippen LogP contribution in [-0.4, -0.2) is 31.3 Å². The quantitative estimate of drug-likeness (QED) is 0.812. The molecule has 0 radical (unpaired) electrons. The SMILES string of the molecule is CCCNCC1(Cc2nc(C(C)(C)C)cs2)CCCOC1. The predicted molar refractivity (Wildman–Crippen MR) is 90.2 cm³/mol. The van der Waals surface area contributed by atoms with Crippen molar-refractivity contribution in [3.05, 3.63) is 16.1 Å². The first-order valence-electron chi connectivity index (χ1n) is 8.19. The minimum absolute atomic E-state index is 0.144. The van der Waals surface area contributed by atoms with Crippen LogP contribution in [0.4, 0.5) is 0 Å². The summed E-state index contributed by atoms with van der Waals surface area (Å²) in [5.41, 5.74) is 1.60. The van der Waals surface area contributed by atoms with E-state index in [-0.39, 0.29) is 10.8 Å². The fourth-order valence-corrected chi connectivity index (χ4v) is 4.03. The van der Waals surface area contributed by atoms with Crippen molar-refractivity contribution in [1.29, 1.82) is 0 Å². The molecule has 1 aliphatic rings. The number of ether oxygens (including phenoxy) is 1. The molecule has 3 nitrogen and oxygen atoms in total. The fourth-order valence-electron chi connectivity index (χ4n) is 2.84. The molecule has 2 heterocycles. The molecule has 1 aromatic heterocycles. The summed E-state index contributed by atoms with van der Waals surface area (Å²) in [6.45, 7) is 12.8. The molecule has 1 unspecified atom stereocenters. The topological polar surface area (TPSA) is 34.2 Å². The Hall–Kier alpha value is -0.450. The van der Waals surface area contributed by atoms with Gasteiger partial charge in [0, 0.05) is 35.8 Å². The minimum Gasteiger partial charge on any atom is -0.381 e. The van der Waals surface area contributed by atoms with Crippen molar-refractivity contribution in [2.75, 3.05) is 26.3 Å². The number of nitrogens with zero attached hydrogens (tertiary/aromatic N) is 1. The van der Waals surface area contributed by atoms with Gasteiger partial charge in [0.2, 0.25) is 0 Å². The van der Waals surface area contributed by atoms with Gasteiger partial charge in [0.25, 0.3) is 0 Å². The van der Waals surface area contributed by atoms with Crippen LogP contribution in [0.3, 0.4) is 0 Å². The molecule has 4 heteroatoms. The van der Waals surface area contributed by atoms with Crippen molar-refractivity contribution < 1.29 is 4.74 Å². The second-order valence-corrected chi connectivity index (χ2v) is 8.33. The number of aromatic nitrogens is 1. The summed E-state index contributed by atoms with van der Waals surface area (Å²) in [5.74, 6) is 0. The highest BCUT2D eigenvalue weighted by molar-refractivity contribution is 7.09. The third-order valence-corrected chi connectivity index (χ3v) is 5.03. The molecule has 0 bridgehead atoms. The van der Waals surface area contributed by atoms with Crippen molar-refractivity contribution in [2.24, 2.45) is 5.41 Å². The van der Waals surface area contributed by atoms with E-state index in [2.05, 4.69) is 38.4 Å². The Morgan fingerprint density at radius 1 is 1.43 bits per heavy atom. The normalized spacial score (nSPS) is 23.4. The smallest absolute Gasteiger partial charge is 0.0935 e. The maximum absolute atomic E-state index is 5.80. The molecular formula is C17H30N2OS. The van der Waals surface area contributed by atoms with E-state index in [1.54, 1.807) is 0 Å². The average Bonchev–Trinajstić information content (AvgIpc) is 2.88. The van der Waals surface area contributed by atoms with E-state index < -0.39 is 0 Å². The molecule has 1 saturated heterocycles. The van der Waals surface area contributed by atoms with Gasteiger partial charge < -0.3 is 10.1 Å². The van der Waals surface area contributed by atoms with Crippen molar-refractivity contribution >= 4 is 11.3 Å². The molecule has 21 heavy (non-hydrogen) atoms.